The summed E-state index contributed by atoms with van der Waals surface area (Å²) in [5, 5.41) is 0. The van der Waals surface area contributed by atoms with Crippen molar-refractivity contribution in [1.29, 1.82) is 0 Å². The highest BCUT2D eigenvalue weighted by molar-refractivity contribution is 4.65. The minimum absolute atomic E-state index is 0.930. The van der Waals surface area contributed by atoms with Gasteiger partial charge in [-0.2, -0.15) is 0 Å². The molecular weight excluding hydrogens is 350 g/mol. The largest absolute Gasteiger partial charge is 0.309 e. The first-order valence-electron chi connectivity index (χ1n) is 13.5. The van der Waals surface area contributed by atoms with Crippen LogP contribution in [0.15, 0.2) is 12.7 Å². The van der Waals surface area contributed by atoms with E-state index in [1.165, 1.54) is 141 Å². The van der Waals surface area contributed by atoms with Crippen molar-refractivity contribution in [3.63, 3.8) is 0 Å². The van der Waals surface area contributed by atoms with Gasteiger partial charge in [0.2, 0.25) is 0 Å². The molecule has 0 heterocycles. The van der Waals surface area contributed by atoms with Crippen LogP contribution in [0.1, 0.15) is 142 Å². The minimum atomic E-state index is 0.930. The zero-order valence-electron chi connectivity index (χ0n) is 20.9. The lowest BCUT2D eigenvalue weighted by Crippen LogP contribution is -2.21. The monoisotopic (exact) mass is 407 g/mol. The first-order valence-corrected chi connectivity index (χ1v) is 13.5. The van der Waals surface area contributed by atoms with Crippen molar-refractivity contribution in [2.24, 2.45) is 5.92 Å². The number of rotatable bonds is 24. The first-order chi connectivity index (χ1) is 14.2. The van der Waals surface area contributed by atoms with E-state index in [4.69, 9.17) is 0 Å². The lowest BCUT2D eigenvalue weighted by Gasteiger charge is -2.21. The smallest absolute Gasteiger partial charge is 0.000356 e. The van der Waals surface area contributed by atoms with Crippen LogP contribution in [0.2, 0.25) is 0 Å². The third-order valence-electron chi connectivity index (χ3n) is 6.36. The highest BCUT2D eigenvalue weighted by Crippen LogP contribution is 2.20. The van der Waals surface area contributed by atoms with E-state index in [0.29, 0.717) is 0 Å². The molecule has 0 amide bonds. The quantitative estimate of drug-likeness (QED) is 0.114. The van der Waals surface area contributed by atoms with Gasteiger partial charge in [-0.1, -0.05) is 122 Å². The second-order valence-electron chi connectivity index (χ2n) is 9.79. The highest BCUT2D eigenvalue weighted by atomic mass is 15.1. The van der Waals surface area contributed by atoms with E-state index in [0.717, 1.165) is 5.92 Å². The normalized spacial score (nSPS) is 12.6. The molecule has 1 nitrogen and oxygen atoms in total. The predicted octanol–water partition coefficient (Wildman–Crippen LogP) is 9.56. The number of unbranched alkanes of at least 4 members (excludes halogenated alkanes) is 17. The highest BCUT2D eigenvalue weighted by Gasteiger charge is 2.09. The van der Waals surface area contributed by atoms with Crippen LogP contribution in [0, 0.1) is 5.92 Å². The summed E-state index contributed by atoms with van der Waals surface area (Å²) in [6, 6.07) is 0. The van der Waals surface area contributed by atoms with Crippen molar-refractivity contribution in [3.05, 3.63) is 12.7 Å². The summed E-state index contributed by atoms with van der Waals surface area (Å²) >= 11 is 0. The predicted molar refractivity (Wildman–Crippen MR) is 135 cm³/mol. The van der Waals surface area contributed by atoms with Gasteiger partial charge in [0.05, 0.1) is 0 Å². The lowest BCUT2D eigenvalue weighted by molar-refractivity contribution is 0.286. The Kier molecular flexibility index (Phi) is 23.7. The summed E-state index contributed by atoms with van der Waals surface area (Å²) in [5.41, 5.74) is 0. The molecule has 0 bridgehead atoms. The van der Waals surface area contributed by atoms with E-state index in [1.54, 1.807) is 0 Å². The molecule has 29 heavy (non-hydrogen) atoms. The molecular formula is C28H57N. The van der Waals surface area contributed by atoms with E-state index >= 15 is 0 Å². The summed E-state index contributed by atoms with van der Waals surface area (Å²) in [6.07, 6.45) is 32.1. The molecule has 0 N–H and O–H groups in total. The van der Waals surface area contributed by atoms with Gasteiger partial charge in [-0.15, -0.1) is 6.58 Å². The first kappa shape index (κ1) is 28.7. The number of nitrogens with zero attached hydrogens (tertiary/aromatic N) is 1. The van der Waals surface area contributed by atoms with Crippen molar-refractivity contribution < 1.29 is 0 Å². The number of hydrogen-bond acceptors (Lipinski definition) is 1. The molecule has 0 saturated carbocycles. The van der Waals surface area contributed by atoms with Crippen molar-refractivity contribution in [2.75, 3.05) is 20.6 Å². The van der Waals surface area contributed by atoms with Gasteiger partial charge in [-0.25, -0.2) is 0 Å². The molecule has 0 aliphatic heterocycles. The van der Waals surface area contributed by atoms with Crippen molar-refractivity contribution >= 4 is 0 Å². The van der Waals surface area contributed by atoms with Crippen LogP contribution in [0.25, 0.3) is 0 Å². The maximum absolute atomic E-state index is 3.80. The number of hydrogen-bond donors (Lipinski definition) is 0. The fourth-order valence-electron chi connectivity index (χ4n) is 4.55. The zero-order valence-corrected chi connectivity index (χ0v) is 20.9. The van der Waals surface area contributed by atoms with E-state index in [-0.39, 0.29) is 0 Å². The van der Waals surface area contributed by atoms with Crippen LogP contribution in [0.5, 0.6) is 0 Å². The average molecular weight is 408 g/mol. The summed E-state index contributed by atoms with van der Waals surface area (Å²) in [7, 11) is 4.50. The SMILES string of the molecule is C=CCCCCCCCCCCCC(CCCCCCCCCCC)CN(C)C. The van der Waals surface area contributed by atoms with E-state index in [9.17, 15) is 0 Å². The lowest BCUT2D eigenvalue weighted by atomic mass is 9.93. The molecule has 0 saturated heterocycles. The Balaban J connectivity index is 3.55. The molecule has 0 rings (SSSR count). The molecule has 174 valence electrons. The summed E-state index contributed by atoms with van der Waals surface area (Å²) in [5.74, 6) is 0.930. The van der Waals surface area contributed by atoms with Gasteiger partial charge < -0.3 is 4.90 Å². The molecule has 0 aliphatic rings. The van der Waals surface area contributed by atoms with Gasteiger partial charge >= 0.3 is 0 Å². The topological polar surface area (TPSA) is 3.24 Å². The summed E-state index contributed by atoms with van der Waals surface area (Å²) < 4.78 is 0. The van der Waals surface area contributed by atoms with Crippen LogP contribution in [0.3, 0.4) is 0 Å². The Labute approximate surface area is 186 Å². The minimum Gasteiger partial charge on any atom is -0.309 e. The van der Waals surface area contributed by atoms with Crippen LogP contribution in [-0.4, -0.2) is 25.5 Å². The third kappa shape index (κ3) is 23.8. The number of allylic oxidation sites excluding steroid dienone is 1. The second kappa shape index (κ2) is 24.0. The molecule has 0 aromatic rings. The third-order valence-corrected chi connectivity index (χ3v) is 6.36. The fourth-order valence-corrected chi connectivity index (χ4v) is 4.55. The van der Waals surface area contributed by atoms with Gasteiger partial charge in [0.1, 0.15) is 0 Å². The van der Waals surface area contributed by atoms with Gasteiger partial charge in [-0.05, 0) is 45.7 Å². The van der Waals surface area contributed by atoms with Crippen molar-refractivity contribution in [2.45, 2.75) is 142 Å². The fraction of sp³-hybridized carbons (Fsp3) is 0.929. The molecule has 0 aliphatic carbocycles. The van der Waals surface area contributed by atoms with Crippen molar-refractivity contribution in [3.8, 4) is 0 Å². The maximum atomic E-state index is 3.80. The van der Waals surface area contributed by atoms with Crippen LogP contribution >= 0.6 is 0 Å². The van der Waals surface area contributed by atoms with Crippen LogP contribution in [0.4, 0.5) is 0 Å². The van der Waals surface area contributed by atoms with Crippen molar-refractivity contribution in [1.82, 2.24) is 4.90 Å². The molecule has 0 aromatic heterocycles. The summed E-state index contributed by atoms with van der Waals surface area (Å²) in [6.45, 7) is 7.40. The molecule has 0 radical (unpaired) electrons. The summed E-state index contributed by atoms with van der Waals surface area (Å²) in [4.78, 5) is 2.41. The molecule has 0 fully saturated rings. The van der Waals surface area contributed by atoms with Crippen LogP contribution < -0.4 is 0 Å². The van der Waals surface area contributed by atoms with E-state index in [2.05, 4.69) is 38.6 Å². The van der Waals surface area contributed by atoms with Gasteiger partial charge in [0.15, 0.2) is 0 Å². The Bertz CT molecular complexity index is 309. The molecule has 1 heteroatoms. The zero-order chi connectivity index (χ0) is 21.4. The standard InChI is InChI=1S/C28H57N/c1-5-7-9-11-13-15-16-18-20-22-24-26-28(27-29(3)4)25-23-21-19-17-14-12-10-8-6-2/h5,28H,1,6-27H2,2-4H3. The Morgan fingerprint density at radius 3 is 1.34 bits per heavy atom. The Hall–Kier alpha value is -0.300. The average Bonchev–Trinajstić information content (AvgIpc) is 2.70. The molecule has 1 unspecified atom stereocenters. The molecule has 0 spiro atoms. The Morgan fingerprint density at radius 2 is 0.966 bits per heavy atom. The van der Waals surface area contributed by atoms with Gasteiger partial charge in [0, 0.05) is 6.54 Å². The van der Waals surface area contributed by atoms with Gasteiger partial charge in [-0.3, -0.25) is 0 Å². The van der Waals surface area contributed by atoms with E-state index in [1.807, 2.05) is 0 Å². The second-order valence-corrected chi connectivity index (χ2v) is 9.79. The van der Waals surface area contributed by atoms with Crippen LogP contribution in [-0.2, 0) is 0 Å². The molecule has 1 atom stereocenters. The van der Waals surface area contributed by atoms with Gasteiger partial charge in [0.25, 0.3) is 0 Å². The maximum Gasteiger partial charge on any atom is 0.000356 e. The van der Waals surface area contributed by atoms with E-state index < -0.39 is 0 Å². The Morgan fingerprint density at radius 1 is 0.586 bits per heavy atom. The molecule has 0 aromatic carbocycles.